The van der Waals surface area contributed by atoms with Crippen molar-refractivity contribution in [1.29, 1.82) is 0 Å². The summed E-state index contributed by atoms with van der Waals surface area (Å²) in [4.78, 5) is 0. The number of alkyl halides is 1. The van der Waals surface area contributed by atoms with E-state index in [1.807, 2.05) is 23.5 Å². The number of halogens is 1. The first-order chi connectivity index (χ1) is 5.33. The van der Waals surface area contributed by atoms with Gasteiger partial charge in [0, 0.05) is 5.88 Å². The van der Waals surface area contributed by atoms with Crippen LogP contribution in [0.3, 0.4) is 0 Å². The number of hydrogen-bond donors (Lipinski definition) is 1. The maximum absolute atomic E-state index is 9.25. The van der Waals surface area contributed by atoms with Gasteiger partial charge in [0.2, 0.25) is 0 Å². The minimum atomic E-state index is -0.306. The fourth-order valence-corrected chi connectivity index (χ4v) is 4.09. The van der Waals surface area contributed by atoms with Gasteiger partial charge >= 0.3 is 0 Å². The number of aliphatic hydroxyl groups excluding tert-OH is 1. The molecule has 1 aliphatic heterocycles. The minimum absolute atomic E-state index is 0.306. The molecule has 1 heterocycles. The zero-order valence-corrected chi connectivity index (χ0v) is 8.72. The molecule has 1 aliphatic rings. The van der Waals surface area contributed by atoms with Crippen molar-refractivity contribution in [3.63, 3.8) is 0 Å². The third kappa shape index (κ3) is 3.92. The van der Waals surface area contributed by atoms with Gasteiger partial charge in [-0.25, -0.2) is 0 Å². The summed E-state index contributed by atoms with van der Waals surface area (Å²) in [5.74, 6) is 2.86. The fraction of sp³-hybridized carbons (Fsp3) is 1.00. The lowest BCUT2D eigenvalue weighted by molar-refractivity contribution is 0.193. The van der Waals surface area contributed by atoms with E-state index in [1.54, 1.807) is 0 Å². The van der Waals surface area contributed by atoms with Crippen molar-refractivity contribution in [2.75, 3.05) is 17.4 Å². The van der Waals surface area contributed by atoms with E-state index in [2.05, 4.69) is 0 Å². The van der Waals surface area contributed by atoms with Gasteiger partial charge in [-0.05, 0) is 24.3 Å². The van der Waals surface area contributed by atoms with Gasteiger partial charge in [-0.3, -0.25) is 0 Å². The third-order valence-electron chi connectivity index (χ3n) is 1.54. The normalized spacial score (nSPS) is 23.5. The Hall–Kier alpha value is 0.950. The topological polar surface area (TPSA) is 20.2 Å². The fourth-order valence-electron chi connectivity index (χ4n) is 0.958. The van der Waals surface area contributed by atoms with E-state index in [-0.39, 0.29) is 6.10 Å². The average Bonchev–Trinajstić information content (AvgIpc) is 2.06. The summed E-state index contributed by atoms with van der Waals surface area (Å²) < 4.78 is 0.581. The predicted molar refractivity (Wildman–Crippen MR) is 54.7 cm³/mol. The van der Waals surface area contributed by atoms with E-state index >= 15 is 0 Å². The number of thioether (sulfide) groups is 2. The Kier molecular flexibility index (Phi) is 5.08. The number of rotatable bonds is 3. The maximum Gasteiger partial charge on any atom is 0.0694 e. The second-order valence-electron chi connectivity index (χ2n) is 2.57. The van der Waals surface area contributed by atoms with Crippen LogP contribution in [-0.2, 0) is 0 Å². The van der Waals surface area contributed by atoms with Crippen LogP contribution < -0.4 is 0 Å². The lowest BCUT2D eigenvalue weighted by Gasteiger charge is -2.22. The first-order valence-corrected chi connectivity index (χ1v) is 6.43. The van der Waals surface area contributed by atoms with Crippen molar-refractivity contribution in [1.82, 2.24) is 0 Å². The molecule has 0 amide bonds. The highest BCUT2D eigenvalue weighted by Gasteiger charge is 2.17. The predicted octanol–water partition coefficient (Wildman–Crippen LogP) is 2.17. The third-order valence-corrected chi connectivity index (χ3v) is 4.89. The van der Waals surface area contributed by atoms with E-state index in [0.717, 1.165) is 6.42 Å². The van der Waals surface area contributed by atoms with Gasteiger partial charge in [-0.2, -0.15) is 0 Å². The molecule has 1 saturated heterocycles. The SMILES string of the molecule is O[C@@H](CCl)CC1SCCCS1. The van der Waals surface area contributed by atoms with Crippen LogP contribution in [0.5, 0.6) is 0 Å². The summed E-state index contributed by atoms with van der Waals surface area (Å²) in [6.45, 7) is 0. The molecule has 4 heteroatoms. The van der Waals surface area contributed by atoms with Crippen LogP contribution >= 0.6 is 35.1 Å². The van der Waals surface area contributed by atoms with Crippen molar-refractivity contribution >= 4 is 35.1 Å². The highest BCUT2D eigenvalue weighted by atomic mass is 35.5. The molecule has 0 aromatic rings. The summed E-state index contributed by atoms with van der Waals surface area (Å²) in [7, 11) is 0. The number of hydrogen-bond acceptors (Lipinski definition) is 3. The van der Waals surface area contributed by atoms with Gasteiger partial charge < -0.3 is 5.11 Å². The molecule has 1 rings (SSSR count). The van der Waals surface area contributed by atoms with Crippen molar-refractivity contribution in [2.24, 2.45) is 0 Å². The molecule has 0 spiro atoms. The Morgan fingerprint density at radius 1 is 1.45 bits per heavy atom. The van der Waals surface area contributed by atoms with Crippen molar-refractivity contribution in [2.45, 2.75) is 23.5 Å². The van der Waals surface area contributed by atoms with Gasteiger partial charge in [-0.15, -0.1) is 35.1 Å². The summed E-state index contributed by atoms with van der Waals surface area (Å²) >= 11 is 9.41. The highest BCUT2D eigenvalue weighted by molar-refractivity contribution is 8.17. The Bertz CT molecular complexity index is 107. The molecule has 0 bridgehead atoms. The van der Waals surface area contributed by atoms with Crippen LogP contribution in [-0.4, -0.2) is 33.2 Å². The first-order valence-electron chi connectivity index (χ1n) is 3.80. The summed E-state index contributed by atoms with van der Waals surface area (Å²) in [5, 5.41) is 9.25. The van der Waals surface area contributed by atoms with Crippen LogP contribution in [0.4, 0.5) is 0 Å². The van der Waals surface area contributed by atoms with E-state index in [9.17, 15) is 5.11 Å². The molecule has 0 unspecified atom stereocenters. The quantitative estimate of drug-likeness (QED) is 0.725. The van der Waals surface area contributed by atoms with Gasteiger partial charge in [0.05, 0.1) is 10.7 Å². The van der Waals surface area contributed by atoms with Crippen LogP contribution in [0.2, 0.25) is 0 Å². The van der Waals surface area contributed by atoms with Crippen LogP contribution in [0.1, 0.15) is 12.8 Å². The molecule has 11 heavy (non-hydrogen) atoms. The zero-order valence-electron chi connectivity index (χ0n) is 6.33. The molecule has 0 aromatic carbocycles. The van der Waals surface area contributed by atoms with Crippen LogP contribution in [0, 0.1) is 0 Å². The molecule has 1 atom stereocenters. The smallest absolute Gasteiger partial charge is 0.0694 e. The molecule has 1 nitrogen and oxygen atoms in total. The lowest BCUT2D eigenvalue weighted by atomic mass is 10.3. The zero-order chi connectivity index (χ0) is 8.10. The monoisotopic (exact) mass is 212 g/mol. The Labute approximate surface area is 81.3 Å². The largest absolute Gasteiger partial charge is 0.392 e. The molecule has 1 fully saturated rings. The van der Waals surface area contributed by atoms with Gasteiger partial charge in [0.25, 0.3) is 0 Å². The van der Waals surface area contributed by atoms with Gasteiger partial charge in [0.15, 0.2) is 0 Å². The van der Waals surface area contributed by atoms with Crippen molar-refractivity contribution in [3.8, 4) is 0 Å². The summed E-state index contributed by atoms with van der Waals surface area (Å²) in [6.07, 6.45) is 1.85. The van der Waals surface area contributed by atoms with Crippen molar-refractivity contribution < 1.29 is 5.11 Å². The average molecular weight is 213 g/mol. The van der Waals surface area contributed by atoms with Gasteiger partial charge in [-0.1, -0.05) is 0 Å². The van der Waals surface area contributed by atoms with E-state index in [0.29, 0.717) is 10.5 Å². The molecule has 0 saturated carbocycles. The van der Waals surface area contributed by atoms with E-state index < -0.39 is 0 Å². The van der Waals surface area contributed by atoms with Crippen molar-refractivity contribution in [3.05, 3.63) is 0 Å². The molecule has 0 aliphatic carbocycles. The van der Waals surface area contributed by atoms with Crippen LogP contribution in [0.25, 0.3) is 0 Å². The van der Waals surface area contributed by atoms with Crippen LogP contribution in [0.15, 0.2) is 0 Å². The molecule has 0 aromatic heterocycles. The first kappa shape index (κ1) is 10.0. The Morgan fingerprint density at radius 2 is 2.09 bits per heavy atom. The Balaban J connectivity index is 2.13. The summed E-state index contributed by atoms with van der Waals surface area (Å²) in [5.41, 5.74) is 0. The second kappa shape index (κ2) is 5.57. The molecular formula is C7H13ClOS2. The maximum atomic E-state index is 9.25. The lowest BCUT2D eigenvalue weighted by Crippen LogP contribution is -2.17. The molecule has 66 valence electrons. The standard InChI is InChI=1S/C7H13ClOS2/c8-5-6(9)4-7-10-2-1-3-11-7/h6-7,9H,1-5H2/t6-/m1/s1. The minimum Gasteiger partial charge on any atom is -0.392 e. The summed E-state index contributed by atoms with van der Waals surface area (Å²) in [6, 6.07) is 0. The Morgan fingerprint density at radius 3 is 2.64 bits per heavy atom. The van der Waals surface area contributed by atoms with Gasteiger partial charge in [0.1, 0.15) is 0 Å². The highest BCUT2D eigenvalue weighted by Crippen LogP contribution is 2.33. The molecule has 1 N–H and O–H groups in total. The molecular weight excluding hydrogens is 200 g/mol. The van der Waals surface area contributed by atoms with E-state index in [4.69, 9.17) is 11.6 Å². The van der Waals surface area contributed by atoms with E-state index in [1.165, 1.54) is 17.9 Å². The second-order valence-corrected chi connectivity index (χ2v) is 5.80. The molecule has 0 radical (unpaired) electrons. The number of aliphatic hydroxyl groups is 1.